The van der Waals surface area contributed by atoms with Crippen molar-refractivity contribution in [1.29, 1.82) is 0 Å². The Labute approximate surface area is 152 Å². The molecule has 0 aromatic heterocycles. The summed E-state index contributed by atoms with van der Waals surface area (Å²) >= 11 is 10.8. The van der Waals surface area contributed by atoms with Crippen molar-refractivity contribution >= 4 is 62.1 Å². The number of amidine groups is 1. The smallest absolute Gasteiger partial charge is 0.264 e. The Hall–Kier alpha value is -1.56. The summed E-state index contributed by atoms with van der Waals surface area (Å²) in [5, 5.41) is 4.00. The van der Waals surface area contributed by atoms with Crippen LogP contribution in [0.15, 0.2) is 56.8 Å². The summed E-state index contributed by atoms with van der Waals surface area (Å²) in [5.74, 6) is -0.145. The number of aliphatic imine (C=N–C) groups is 1. The highest BCUT2D eigenvalue weighted by molar-refractivity contribution is 9.10. The molecule has 1 N–H and O–H groups in total. The van der Waals surface area contributed by atoms with E-state index < -0.39 is 0 Å². The average Bonchev–Trinajstić information content (AvgIpc) is 2.84. The molecule has 3 rings (SSSR count). The third kappa shape index (κ3) is 3.86. The molecule has 0 saturated carbocycles. The molecule has 116 valence electrons. The lowest BCUT2D eigenvalue weighted by atomic mass is 10.2. The molecule has 0 unspecified atom stereocenters. The number of hydrogen-bond donors (Lipinski definition) is 1. The van der Waals surface area contributed by atoms with Gasteiger partial charge in [-0.25, -0.2) is 4.99 Å². The minimum absolute atomic E-state index is 0.145. The molecule has 0 radical (unpaired) electrons. The van der Waals surface area contributed by atoms with Crippen molar-refractivity contribution in [2.45, 2.75) is 6.92 Å². The van der Waals surface area contributed by atoms with E-state index in [2.05, 4.69) is 26.2 Å². The molecule has 1 amide bonds. The molecule has 1 fully saturated rings. The fourth-order valence-electron chi connectivity index (χ4n) is 2.05. The number of benzene rings is 2. The maximum Gasteiger partial charge on any atom is 0.264 e. The summed E-state index contributed by atoms with van der Waals surface area (Å²) in [6, 6.07) is 13.3. The second kappa shape index (κ2) is 6.91. The van der Waals surface area contributed by atoms with Crippen LogP contribution in [-0.2, 0) is 4.79 Å². The standard InChI is InChI=1S/C17H12BrClN2OS/c1-10-13(19)6-3-7-14(10)20-17-21-16(22)15(23-17)9-11-4-2-5-12(18)8-11/h2-9H,1H3,(H,20,21,22)/b15-9+. The number of thioether (sulfide) groups is 1. The van der Waals surface area contributed by atoms with Gasteiger partial charge in [-0.05, 0) is 60.2 Å². The van der Waals surface area contributed by atoms with Crippen molar-refractivity contribution in [3.63, 3.8) is 0 Å². The van der Waals surface area contributed by atoms with Crippen molar-refractivity contribution < 1.29 is 4.79 Å². The van der Waals surface area contributed by atoms with Crippen LogP contribution in [0.3, 0.4) is 0 Å². The Morgan fingerprint density at radius 1 is 1.26 bits per heavy atom. The van der Waals surface area contributed by atoms with Gasteiger partial charge in [0, 0.05) is 9.50 Å². The van der Waals surface area contributed by atoms with Gasteiger partial charge in [0.1, 0.15) is 0 Å². The van der Waals surface area contributed by atoms with Gasteiger partial charge >= 0.3 is 0 Å². The molecule has 23 heavy (non-hydrogen) atoms. The van der Waals surface area contributed by atoms with Gasteiger partial charge in [-0.15, -0.1) is 0 Å². The third-order valence-electron chi connectivity index (χ3n) is 3.26. The Balaban J connectivity index is 1.88. The largest absolute Gasteiger partial charge is 0.300 e. The van der Waals surface area contributed by atoms with Crippen molar-refractivity contribution in [3.8, 4) is 0 Å². The Morgan fingerprint density at radius 3 is 2.83 bits per heavy atom. The summed E-state index contributed by atoms with van der Waals surface area (Å²) in [6.07, 6.45) is 1.85. The van der Waals surface area contributed by atoms with Gasteiger partial charge in [-0.2, -0.15) is 0 Å². The number of halogens is 2. The number of nitrogens with one attached hydrogen (secondary N) is 1. The van der Waals surface area contributed by atoms with Gasteiger partial charge in [0.2, 0.25) is 0 Å². The summed E-state index contributed by atoms with van der Waals surface area (Å²) in [4.78, 5) is 17.2. The Morgan fingerprint density at radius 2 is 2.04 bits per heavy atom. The second-order valence-electron chi connectivity index (χ2n) is 4.92. The van der Waals surface area contributed by atoms with Crippen LogP contribution in [0.4, 0.5) is 5.69 Å². The van der Waals surface area contributed by atoms with E-state index >= 15 is 0 Å². The average molecular weight is 408 g/mol. The number of carbonyl (C=O) groups is 1. The van der Waals surface area contributed by atoms with E-state index in [4.69, 9.17) is 11.6 Å². The highest BCUT2D eigenvalue weighted by Crippen LogP contribution is 2.31. The molecular weight excluding hydrogens is 396 g/mol. The van der Waals surface area contributed by atoms with Gasteiger partial charge in [-0.1, -0.05) is 45.7 Å². The molecule has 1 aliphatic rings. The molecule has 0 bridgehead atoms. The van der Waals surface area contributed by atoms with Crippen molar-refractivity contribution in [2.75, 3.05) is 0 Å². The van der Waals surface area contributed by atoms with E-state index in [0.29, 0.717) is 15.1 Å². The monoisotopic (exact) mass is 406 g/mol. The Bertz CT molecular complexity index is 848. The molecule has 1 heterocycles. The number of amides is 1. The Kier molecular flexibility index (Phi) is 4.90. The van der Waals surface area contributed by atoms with Gasteiger partial charge in [0.15, 0.2) is 5.17 Å². The van der Waals surface area contributed by atoms with Crippen LogP contribution in [0.2, 0.25) is 5.02 Å². The van der Waals surface area contributed by atoms with Crippen molar-refractivity contribution in [3.05, 3.63) is 68.0 Å². The summed E-state index contributed by atoms with van der Waals surface area (Å²) in [5.41, 5.74) is 2.60. The van der Waals surface area contributed by atoms with Crippen LogP contribution >= 0.6 is 39.3 Å². The molecule has 2 aromatic rings. The molecule has 2 aromatic carbocycles. The molecule has 0 spiro atoms. The van der Waals surface area contributed by atoms with Crippen LogP contribution < -0.4 is 5.32 Å². The first kappa shape index (κ1) is 16.3. The van der Waals surface area contributed by atoms with Gasteiger partial charge in [0.25, 0.3) is 5.91 Å². The summed E-state index contributed by atoms with van der Waals surface area (Å²) in [6.45, 7) is 1.90. The predicted octanol–water partition coefficient (Wildman–Crippen LogP) is 5.30. The molecule has 3 nitrogen and oxygen atoms in total. The van der Waals surface area contributed by atoms with Crippen LogP contribution in [0.1, 0.15) is 11.1 Å². The first-order valence-electron chi connectivity index (χ1n) is 6.83. The van der Waals surface area contributed by atoms with Gasteiger partial charge in [0.05, 0.1) is 10.6 Å². The van der Waals surface area contributed by atoms with Crippen molar-refractivity contribution in [2.24, 2.45) is 4.99 Å². The third-order valence-corrected chi connectivity index (χ3v) is 5.07. The van der Waals surface area contributed by atoms with Crippen LogP contribution in [-0.4, -0.2) is 11.1 Å². The zero-order chi connectivity index (χ0) is 16.4. The van der Waals surface area contributed by atoms with E-state index in [1.807, 2.05) is 55.5 Å². The minimum Gasteiger partial charge on any atom is -0.300 e. The topological polar surface area (TPSA) is 41.5 Å². The lowest BCUT2D eigenvalue weighted by Gasteiger charge is -2.02. The molecule has 0 aliphatic carbocycles. The van der Waals surface area contributed by atoms with E-state index in [0.717, 1.165) is 21.3 Å². The number of nitrogens with zero attached hydrogens (tertiary/aromatic N) is 1. The van der Waals surface area contributed by atoms with Gasteiger partial charge in [-0.3, -0.25) is 4.79 Å². The fraction of sp³-hybridized carbons (Fsp3) is 0.0588. The van der Waals surface area contributed by atoms with Crippen LogP contribution in [0, 0.1) is 6.92 Å². The maximum atomic E-state index is 12.1. The van der Waals surface area contributed by atoms with Crippen molar-refractivity contribution in [1.82, 2.24) is 5.32 Å². The molecular formula is C17H12BrClN2OS. The first-order chi connectivity index (χ1) is 11.0. The number of carbonyl (C=O) groups excluding carboxylic acids is 1. The molecule has 1 aliphatic heterocycles. The van der Waals surface area contributed by atoms with E-state index in [1.165, 1.54) is 11.8 Å². The highest BCUT2D eigenvalue weighted by Gasteiger charge is 2.24. The lowest BCUT2D eigenvalue weighted by Crippen LogP contribution is -2.19. The molecule has 6 heteroatoms. The fourth-order valence-corrected chi connectivity index (χ4v) is 3.48. The SMILES string of the molecule is Cc1c(Cl)cccc1N=C1NC(=O)/C(=C\c2cccc(Br)c2)S1. The highest BCUT2D eigenvalue weighted by atomic mass is 79.9. The predicted molar refractivity (Wildman–Crippen MR) is 101 cm³/mol. The lowest BCUT2D eigenvalue weighted by molar-refractivity contribution is -0.115. The number of rotatable bonds is 2. The molecule has 0 atom stereocenters. The zero-order valence-corrected chi connectivity index (χ0v) is 15.3. The summed E-state index contributed by atoms with van der Waals surface area (Å²) in [7, 11) is 0. The maximum absolute atomic E-state index is 12.1. The second-order valence-corrected chi connectivity index (χ2v) is 7.27. The first-order valence-corrected chi connectivity index (χ1v) is 8.82. The quantitative estimate of drug-likeness (QED) is 0.686. The minimum atomic E-state index is -0.145. The zero-order valence-electron chi connectivity index (χ0n) is 12.1. The van der Waals surface area contributed by atoms with Gasteiger partial charge < -0.3 is 5.32 Å². The van der Waals surface area contributed by atoms with E-state index in [1.54, 1.807) is 0 Å². The molecule has 1 saturated heterocycles. The number of hydrogen-bond acceptors (Lipinski definition) is 3. The van der Waals surface area contributed by atoms with E-state index in [-0.39, 0.29) is 5.91 Å². The van der Waals surface area contributed by atoms with E-state index in [9.17, 15) is 4.79 Å². The summed E-state index contributed by atoms with van der Waals surface area (Å²) < 4.78 is 0.971. The van der Waals surface area contributed by atoms with Crippen LogP contribution in [0.5, 0.6) is 0 Å². The normalized spacial score (nSPS) is 17.8. The van der Waals surface area contributed by atoms with Crippen LogP contribution in [0.25, 0.3) is 6.08 Å².